The molecule has 0 aromatic carbocycles. The number of ether oxygens (including phenoxy) is 2. The number of nitrogens with zero attached hydrogens (tertiary/aromatic N) is 1. The average Bonchev–Trinajstić information content (AvgIpc) is 2.77. The van der Waals surface area contributed by atoms with Crippen molar-refractivity contribution in [1.82, 2.24) is 4.98 Å². The molecule has 1 heterocycles. The van der Waals surface area contributed by atoms with E-state index in [0.717, 1.165) is 36.9 Å². The van der Waals surface area contributed by atoms with Gasteiger partial charge in [-0.1, -0.05) is 6.07 Å². The molecule has 0 N–H and O–H groups in total. The van der Waals surface area contributed by atoms with E-state index in [9.17, 15) is 14.4 Å². The minimum Gasteiger partial charge on any atom is -0.469 e. The molecule has 0 aliphatic heterocycles. The summed E-state index contributed by atoms with van der Waals surface area (Å²) < 4.78 is 9.57. The van der Waals surface area contributed by atoms with Crippen LogP contribution in [0.4, 0.5) is 0 Å². The van der Waals surface area contributed by atoms with Gasteiger partial charge in [0.25, 0.3) is 0 Å². The third-order valence-electron chi connectivity index (χ3n) is 7.03. The number of carbonyl (C=O) groups excluding carboxylic acids is 3. The molecular weight excluding hydrogens is 382 g/mol. The lowest BCUT2D eigenvalue weighted by Crippen LogP contribution is -2.32. The highest BCUT2D eigenvalue weighted by molar-refractivity contribution is 6.34. The molecule has 2 saturated carbocycles. The van der Waals surface area contributed by atoms with Crippen LogP contribution in [0.25, 0.3) is 0 Å². The number of ketones is 1. The molecule has 1 aromatic rings. The van der Waals surface area contributed by atoms with E-state index in [1.807, 2.05) is 12.1 Å². The molecule has 6 nitrogen and oxygen atoms in total. The molecule has 1 spiro atoms. The molecule has 3 rings (SSSR count). The van der Waals surface area contributed by atoms with Crippen LogP contribution in [-0.2, 0) is 30.3 Å². The van der Waals surface area contributed by atoms with Gasteiger partial charge in [-0.3, -0.25) is 14.6 Å². The maximum atomic E-state index is 11.8. The highest BCUT2D eigenvalue weighted by Gasteiger charge is 2.39. The second-order valence-corrected chi connectivity index (χ2v) is 8.91. The van der Waals surface area contributed by atoms with E-state index in [0.29, 0.717) is 23.7 Å². The minimum atomic E-state index is -0.777. The fourth-order valence-electron chi connectivity index (χ4n) is 5.09. The molecule has 0 atom stereocenters. The number of hydrogen-bond acceptors (Lipinski definition) is 6. The fraction of sp³-hybridized carbons (Fsp3) is 0.667. The van der Waals surface area contributed by atoms with E-state index < -0.39 is 11.8 Å². The van der Waals surface area contributed by atoms with Crippen LogP contribution in [0.15, 0.2) is 18.3 Å². The predicted molar refractivity (Wildman–Crippen MR) is 112 cm³/mol. The Labute approximate surface area is 178 Å². The smallest absolute Gasteiger partial charge is 0.374 e. The largest absolute Gasteiger partial charge is 0.469 e. The first-order chi connectivity index (χ1) is 14.4. The Bertz CT molecular complexity index is 739. The number of Topliss-reactive ketones (excluding diaryl/α,β-unsaturated/α-hetero) is 1. The van der Waals surface area contributed by atoms with Crippen LogP contribution >= 0.6 is 0 Å². The van der Waals surface area contributed by atoms with E-state index in [2.05, 4.69) is 4.98 Å². The lowest BCUT2D eigenvalue weighted by Gasteiger charge is -2.44. The number of aromatic nitrogens is 1. The Morgan fingerprint density at radius 3 is 2.30 bits per heavy atom. The Balaban J connectivity index is 1.48. The molecule has 2 aliphatic rings. The molecule has 2 fully saturated rings. The molecule has 0 unspecified atom stereocenters. The molecular formula is C24H33NO5. The number of hydrogen-bond donors (Lipinski definition) is 0. The van der Waals surface area contributed by atoms with Crippen LogP contribution in [-0.4, -0.2) is 36.4 Å². The second-order valence-electron chi connectivity index (χ2n) is 8.91. The van der Waals surface area contributed by atoms with Gasteiger partial charge in [-0.05, 0) is 81.3 Å². The summed E-state index contributed by atoms with van der Waals surface area (Å²) in [5.74, 6) is -0.460. The summed E-state index contributed by atoms with van der Waals surface area (Å²) in [6.07, 6.45) is 11.7. The van der Waals surface area contributed by atoms with E-state index >= 15 is 0 Å². The highest BCUT2D eigenvalue weighted by atomic mass is 16.5. The SMILES string of the molecule is CCOC(=O)C(=O)Cc1ccc(C2CCC3(CCC(CC(=O)OC)CC3)CC2)nc1. The van der Waals surface area contributed by atoms with E-state index in [4.69, 9.17) is 9.47 Å². The van der Waals surface area contributed by atoms with Crippen molar-refractivity contribution < 1.29 is 23.9 Å². The van der Waals surface area contributed by atoms with Gasteiger partial charge >= 0.3 is 11.9 Å². The first-order valence-corrected chi connectivity index (χ1v) is 11.2. The summed E-state index contributed by atoms with van der Waals surface area (Å²) in [5, 5.41) is 0. The highest BCUT2D eigenvalue weighted by Crippen LogP contribution is 2.52. The van der Waals surface area contributed by atoms with E-state index in [1.165, 1.54) is 32.8 Å². The van der Waals surface area contributed by atoms with Gasteiger partial charge in [0.1, 0.15) is 0 Å². The van der Waals surface area contributed by atoms with Gasteiger partial charge in [0, 0.05) is 30.7 Å². The van der Waals surface area contributed by atoms with Gasteiger partial charge in [0.2, 0.25) is 5.78 Å². The normalized spacial score (nSPS) is 26.2. The summed E-state index contributed by atoms with van der Waals surface area (Å²) in [7, 11) is 1.47. The lowest BCUT2D eigenvalue weighted by molar-refractivity contribution is -0.153. The number of methoxy groups -OCH3 is 1. The molecule has 0 amide bonds. The Morgan fingerprint density at radius 1 is 1.07 bits per heavy atom. The van der Waals surface area contributed by atoms with Crippen molar-refractivity contribution in [3.8, 4) is 0 Å². The van der Waals surface area contributed by atoms with Crippen LogP contribution in [0, 0.1) is 11.3 Å². The molecule has 0 bridgehead atoms. The summed E-state index contributed by atoms with van der Waals surface area (Å²) in [5.41, 5.74) is 2.26. The van der Waals surface area contributed by atoms with Gasteiger partial charge in [0.05, 0.1) is 13.7 Å². The van der Waals surface area contributed by atoms with Gasteiger partial charge in [-0.25, -0.2) is 4.79 Å². The Kier molecular flexibility index (Phi) is 7.62. The van der Waals surface area contributed by atoms with E-state index in [1.54, 1.807) is 13.1 Å². The molecule has 164 valence electrons. The monoisotopic (exact) mass is 415 g/mol. The summed E-state index contributed by atoms with van der Waals surface area (Å²) in [6.45, 7) is 1.89. The van der Waals surface area contributed by atoms with Crippen molar-refractivity contribution in [2.24, 2.45) is 11.3 Å². The van der Waals surface area contributed by atoms with Crippen molar-refractivity contribution in [2.75, 3.05) is 13.7 Å². The van der Waals surface area contributed by atoms with Crippen molar-refractivity contribution in [3.63, 3.8) is 0 Å². The molecule has 1 aromatic heterocycles. The third kappa shape index (κ3) is 5.67. The first kappa shape index (κ1) is 22.4. The maximum Gasteiger partial charge on any atom is 0.374 e. The van der Waals surface area contributed by atoms with Crippen LogP contribution in [0.5, 0.6) is 0 Å². The van der Waals surface area contributed by atoms with Crippen molar-refractivity contribution in [3.05, 3.63) is 29.6 Å². The van der Waals surface area contributed by atoms with Crippen LogP contribution in [0.1, 0.15) is 81.9 Å². The van der Waals surface area contributed by atoms with Crippen LogP contribution < -0.4 is 0 Å². The zero-order valence-electron chi connectivity index (χ0n) is 18.2. The van der Waals surface area contributed by atoms with Gasteiger partial charge in [-0.15, -0.1) is 0 Å². The van der Waals surface area contributed by atoms with Crippen molar-refractivity contribution >= 4 is 17.7 Å². The molecule has 2 aliphatic carbocycles. The van der Waals surface area contributed by atoms with Crippen molar-refractivity contribution in [2.45, 2.75) is 77.0 Å². The third-order valence-corrected chi connectivity index (χ3v) is 7.03. The summed E-state index contributed by atoms with van der Waals surface area (Å²) >= 11 is 0. The van der Waals surface area contributed by atoms with Gasteiger partial charge in [0.15, 0.2) is 0 Å². The van der Waals surface area contributed by atoms with Gasteiger partial charge < -0.3 is 9.47 Å². The number of esters is 2. The maximum absolute atomic E-state index is 11.8. The fourth-order valence-corrected chi connectivity index (χ4v) is 5.09. The summed E-state index contributed by atoms with van der Waals surface area (Å²) in [6, 6.07) is 3.91. The topological polar surface area (TPSA) is 82.6 Å². The Hall–Kier alpha value is -2.24. The zero-order chi connectivity index (χ0) is 21.6. The minimum absolute atomic E-state index is 0.0344. The standard InChI is InChI=1S/C24H33NO5/c1-3-30-23(28)21(26)14-18-4-5-20(25-16-18)19-8-12-24(13-9-19)10-6-17(7-11-24)15-22(27)29-2/h4-5,16-17,19H,3,6-15H2,1-2H3. The molecule has 6 heteroatoms. The Morgan fingerprint density at radius 2 is 1.73 bits per heavy atom. The molecule has 0 radical (unpaired) electrons. The molecule has 0 saturated heterocycles. The van der Waals surface area contributed by atoms with Gasteiger partial charge in [-0.2, -0.15) is 0 Å². The lowest BCUT2D eigenvalue weighted by atomic mass is 9.61. The summed E-state index contributed by atoms with van der Waals surface area (Å²) in [4.78, 5) is 39.4. The predicted octanol–water partition coefficient (Wildman–Crippen LogP) is 4.15. The van der Waals surface area contributed by atoms with Crippen molar-refractivity contribution in [1.29, 1.82) is 0 Å². The number of pyridine rings is 1. The van der Waals surface area contributed by atoms with Crippen LogP contribution in [0.3, 0.4) is 0 Å². The molecule has 30 heavy (non-hydrogen) atoms. The second kappa shape index (κ2) is 10.2. The van der Waals surface area contributed by atoms with E-state index in [-0.39, 0.29) is 19.0 Å². The average molecular weight is 416 g/mol. The number of carbonyl (C=O) groups is 3. The first-order valence-electron chi connectivity index (χ1n) is 11.2. The number of rotatable bonds is 7. The zero-order valence-corrected chi connectivity index (χ0v) is 18.2. The van der Waals surface area contributed by atoms with Crippen LogP contribution in [0.2, 0.25) is 0 Å². The quantitative estimate of drug-likeness (QED) is 0.491.